The smallest absolute Gasteiger partial charge is 0.338 e. The van der Waals surface area contributed by atoms with Crippen molar-refractivity contribution in [2.75, 3.05) is 6.61 Å². The summed E-state index contributed by atoms with van der Waals surface area (Å²) in [4.78, 5) is 19.3. The van der Waals surface area contributed by atoms with Crippen LogP contribution in [0.5, 0.6) is 5.75 Å². The van der Waals surface area contributed by atoms with Crippen LogP contribution in [0, 0.1) is 5.82 Å². The molecule has 9 heteroatoms. The molecule has 2 aromatic carbocycles. The van der Waals surface area contributed by atoms with Crippen LogP contribution >= 0.6 is 39.3 Å². The van der Waals surface area contributed by atoms with Crippen molar-refractivity contribution in [1.29, 1.82) is 0 Å². The standard InChI is InChI=1S/C23H19BrClFN2O3S/c1-3-30-22(29)20-13(2)27-23-28(9-10-32-23)21(20)14-7-8-19(16(24)11-14)31-12-15-17(25)5-4-6-18(15)26/h4-11,21H,3,12H2,1-2H3/t21-/m0/s1. The highest BCUT2D eigenvalue weighted by Crippen LogP contribution is 2.42. The Morgan fingerprint density at radius 3 is 2.88 bits per heavy atom. The first-order valence-corrected chi connectivity index (χ1v) is 11.9. The average Bonchev–Trinajstić information content (AvgIpc) is 3.21. The summed E-state index contributed by atoms with van der Waals surface area (Å²) in [7, 11) is 0. The van der Waals surface area contributed by atoms with Gasteiger partial charge in [0.25, 0.3) is 0 Å². The monoisotopic (exact) mass is 536 g/mol. The molecule has 0 radical (unpaired) electrons. The highest BCUT2D eigenvalue weighted by atomic mass is 79.9. The molecule has 0 spiro atoms. The van der Waals surface area contributed by atoms with E-state index in [2.05, 4.69) is 20.9 Å². The first-order valence-electron chi connectivity index (χ1n) is 9.84. The molecule has 1 atom stereocenters. The van der Waals surface area contributed by atoms with Crippen LogP contribution in [0.1, 0.15) is 31.0 Å². The molecular weight excluding hydrogens is 519 g/mol. The quantitative estimate of drug-likeness (QED) is 0.389. The molecule has 0 fully saturated rings. The zero-order chi connectivity index (χ0) is 22.8. The van der Waals surface area contributed by atoms with E-state index in [1.807, 2.05) is 35.6 Å². The van der Waals surface area contributed by atoms with Crippen molar-refractivity contribution in [3.63, 3.8) is 0 Å². The number of hydrogen-bond donors (Lipinski definition) is 0. The minimum atomic E-state index is -0.419. The van der Waals surface area contributed by atoms with Crippen LogP contribution in [0.3, 0.4) is 0 Å². The van der Waals surface area contributed by atoms with E-state index in [0.29, 0.717) is 32.1 Å². The molecule has 2 aliphatic heterocycles. The van der Waals surface area contributed by atoms with E-state index in [-0.39, 0.29) is 19.3 Å². The number of esters is 1. The molecule has 0 amide bonds. The highest BCUT2D eigenvalue weighted by Gasteiger charge is 2.37. The van der Waals surface area contributed by atoms with E-state index in [1.54, 1.807) is 25.1 Å². The molecule has 2 heterocycles. The lowest BCUT2D eigenvalue weighted by Gasteiger charge is -2.33. The maximum atomic E-state index is 14.1. The lowest BCUT2D eigenvalue weighted by molar-refractivity contribution is -0.139. The normalized spacial score (nSPS) is 17.3. The van der Waals surface area contributed by atoms with E-state index in [9.17, 15) is 9.18 Å². The van der Waals surface area contributed by atoms with E-state index in [4.69, 9.17) is 21.1 Å². The number of amidine groups is 1. The Kier molecular flexibility index (Phi) is 6.93. The molecule has 0 aliphatic carbocycles. The van der Waals surface area contributed by atoms with Gasteiger partial charge in [-0.25, -0.2) is 14.2 Å². The second-order valence-electron chi connectivity index (χ2n) is 7.01. The van der Waals surface area contributed by atoms with Gasteiger partial charge in [-0.1, -0.05) is 35.5 Å². The molecule has 32 heavy (non-hydrogen) atoms. The van der Waals surface area contributed by atoms with Gasteiger partial charge in [-0.2, -0.15) is 0 Å². The molecule has 5 nitrogen and oxygen atoms in total. The topological polar surface area (TPSA) is 51.1 Å². The van der Waals surface area contributed by atoms with Crippen LogP contribution in [0.2, 0.25) is 5.02 Å². The molecule has 0 saturated carbocycles. The highest BCUT2D eigenvalue weighted by molar-refractivity contribution is 9.10. The SMILES string of the molecule is CCOC(=O)C1=C(C)N=C2SC=CN2[C@H]1c1ccc(OCc2c(F)cccc2Cl)c(Br)c1. The molecule has 0 saturated heterocycles. The molecule has 0 unspecified atom stereocenters. The predicted octanol–water partition coefficient (Wildman–Crippen LogP) is 6.59. The van der Waals surface area contributed by atoms with Gasteiger partial charge in [-0.05, 0) is 65.0 Å². The molecule has 4 rings (SSSR count). The Labute approximate surface area is 203 Å². The van der Waals surface area contributed by atoms with Crippen LogP contribution in [0.4, 0.5) is 4.39 Å². The Bertz CT molecular complexity index is 1150. The number of rotatable bonds is 6. The summed E-state index contributed by atoms with van der Waals surface area (Å²) < 4.78 is 25.8. The third kappa shape index (κ3) is 4.44. The largest absolute Gasteiger partial charge is 0.488 e. The van der Waals surface area contributed by atoms with Crippen LogP contribution in [-0.2, 0) is 16.1 Å². The third-order valence-electron chi connectivity index (χ3n) is 5.02. The summed E-state index contributed by atoms with van der Waals surface area (Å²) >= 11 is 11.1. The van der Waals surface area contributed by atoms with Gasteiger partial charge in [0.05, 0.1) is 33.4 Å². The van der Waals surface area contributed by atoms with E-state index < -0.39 is 11.8 Å². The van der Waals surface area contributed by atoms with Crippen molar-refractivity contribution in [3.8, 4) is 5.75 Å². The maximum absolute atomic E-state index is 14.1. The number of benzene rings is 2. The zero-order valence-electron chi connectivity index (χ0n) is 17.3. The number of fused-ring (bicyclic) bond motifs is 1. The van der Waals surface area contributed by atoms with Crippen molar-refractivity contribution < 1.29 is 18.7 Å². The first kappa shape index (κ1) is 22.9. The van der Waals surface area contributed by atoms with Gasteiger partial charge in [-0.15, -0.1) is 0 Å². The third-order valence-corrected chi connectivity index (χ3v) is 6.77. The van der Waals surface area contributed by atoms with Gasteiger partial charge >= 0.3 is 5.97 Å². The predicted molar refractivity (Wildman–Crippen MR) is 128 cm³/mol. The summed E-state index contributed by atoms with van der Waals surface area (Å²) in [5.74, 6) is -0.284. The fourth-order valence-corrected chi connectivity index (χ4v) is 5.04. The van der Waals surface area contributed by atoms with Gasteiger partial charge in [0.1, 0.15) is 18.2 Å². The summed E-state index contributed by atoms with van der Waals surface area (Å²) in [5, 5.41) is 3.04. The van der Waals surface area contributed by atoms with Gasteiger partial charge in [0, 0.05) is 11.8 Å². The summed E-state index contributed by atoms with van der Waals surface area (Å²) in [6.07, 6.45) is 1.90. The Morgan fingerprint density at radius 1 is 1.34 bits per heavy atom. The molecule has 0 bridgehead atoms. The van der Waals surface area contributed by atoms with Crippen LogP contribution in [0.15, 0.2) is 68.7 Å². The Hall–Kier alpha value is -2.29. The number of carbonyl (C=O) groups is 1. The lowest BCUT2D eigenvalue weighted by Crippen LogP contribution is -2.34. The van der Waals surface area contributed by atoms with Crippen LogP contribution < -0.4 is 4.74 Å². The fraction of sp³-hybridized carbons (Fsp3) is 0.217. The second kappa shape index (κ2) is 9.68. The Balaban J connectivity index is 1.64. The number of hydrogen-bond acceptors (Lipinski definition) is 6. The van der Waals surface area contributed by atoms with Crippen molar-refractivity contribution in [1.82, 2.24) is 4.90 Å². The number of carbonyl (C=O) groups excluding carboxylic acids is 1. The summed E-state index contributed by atoms with van der Waals surface area (Å²) in [5.41, 5.74) is 2.26. The van der Waals surface area contributed by atoms with Crippen LogP contribution in [0.25, 0.3) is 0 Å². The molecular formula is C23H19BrClFN2O3S. The second-order valence-corrected chi connectivity index (χ2v) is 9.14. The van der Waals surface area contributed by atoms with E-state index in [1.165, 1.54) is 17.8 Å². The first-order chi connectivity index (χ1) is 15.4. The van der Waals surface area contributed by atoms with E-state index in [0.717, 1.165) is 10.7 Å². The number of nitrogens with zero attached hydrogens (tertiary/aromatic N) is 2. The average molecular weight is 538 g/mol. The number of thioether (sulfide) groups is 1. The molecule has 166 valence electrons. The van der Waals surface area contributed by atoms with E-state index >= 15 is 0 Å². The van der Waals surface area contributed by atoms with Crippen LogP contribution in [-0.4, -0.2) is 22.6 Å². The number of allylic oxidation sites excluding steroid dienone is 1. The van der Waals surface area contributed by atoms with Gasteiger partial charge in [-0.3, -0.25) is 0 Å². The van der Waals surface area contributed by atoms with Gasteiger partial charge in [0.2, 0.25) is 0 Å². The number of halogens is 3. The molecule has 2 aromatic rings. The molecule has 0 aromatic heterocycles. The summed E-state index contributed by atoms with van der Waals surface area (Å²) in [6.45, 7) is 3.85. The molecule has 2 aliphatic rings. The van der Waals surface area contributed by atoms with Crippen molar-refractivity contribution in [3.05, 3.63) is 85.7 Å². The van der Waals surface area contributed by atoms with Gasteiger partial charge in [0.15, 0.2) is 5.17 Å². The fourth-order valence-electron chi connectivity index (χ4n) is 3.52. The zero-order valence-corrected chi connectivity index (χ0v) is 20.4. The minimum Gasteiger partial charge on any atom is -0.488 e. The van der Waals surface area contributed by atoms with Gasteiger partial charge < -0.3 is 14.4 Å². The number of ether oxygens (including phenoxy) is 2. The lowest BCUT2D eigenvalue weighted by atomic mass is 9.95. The van der Waals surface area contributed by atoms with Crippen molar-refractivity contribution in [2.24, 2.45) is 4.99 Å². The maximum Gasteiger partial charge on any atom is 0.338 e. The van der Waals surface area contributed by atoms with Crippen molar-refractivity contribution >= 4 is 50.4 Å². The summed E-state index contributed by atoms with van der Waals surface area (Å²) in [6, 6.07) is 9.67. The Morgan fingerprint density at radius 2 is 2.16 bits per heavy atom. The molecule has 0 N–H and O–H groups in total. The van der Waals surface area contributed by atoms with Crippen molar-refractivity contribution in [2.45, 2.75) is 26.5 Å². The minimum absolute atomic E-state index is 0.0116. The number of aliphatic imine (C=N–C) groups is 1.